The van der Waals surface area contributed by atoms with Gasteiger partial charge in [0.1, 0.15) is 12.2 Å². The summed E-state index contributed by atoms with van der Waals surface area (Å²) in [5.74, 6) is 0. The Morgan fingerprint density at radius 1 is 1.42 bits per heavy atom. The summed E-state index contributed by atoms with van der Waals surface area (Å²) in [5.41, 5.74) is 11.7. The molecular formula is C9H20N2O. The van der Waals surface area contributed by atoms with E-state index in [0.29, 0.717) is 0 Å². The molecule has 0 amide bonds. The third-order valence-corrected chi connectivity index (χ3v) is 2.93. The summed E-state index contributed by atoms with van der Waals surface area (Å²) < 4.78 is 5.48. The normalized spacial score (nSPS) is 31.8. The molecule has 3 atom stereocenters. The van der Waals surface area contributed by atoms with Crippen molar-refractivity contribution in [2.24, 2.45) is 11.5 Å². The quantitative estimate of drug-likeness (QED) is 0.611. The van der Waals surface area contributed by atoms with E-state index in [0.717, 1.165) is 12.8 Å². The minimum atomic E-state index is -0.154. The highest BCUT2D eigenvalue weighted by atomic mass is 16.6. The Morgan fingerprint density at radius 3 is 2.17 bits per heavy atom. The van der Waals surface area contributed by atoms with Crippen LogP contribution in [0.3, 0.4) is 0 Å². The van der Waals surface area contributed by atoms with Gasteiger partial charge < -0.3 is 16.2 Å². The predicted octanol–water partition coefficient (Wildman–Crippen LogP) is 0.619. The molecule has 1 aliphatic rings. The standard InChI is InChI=1S/C9H20N2O/c1-4-9(11,5-2)8-7(12-8)6(3)10/h6-8H,4-5,10-11H2,1-3H3. The molecule has 1 fully saturated rings. The first kappa shape index (κ1) is 9.96. The van der Waals surface area contributed by atoms with Gasteiger partial charge in [-0.05, 0) is 19.8 Å². The van der Waals surface area contributed by atoms with Crippen LogP contribution in [-0.2, 0) is 4.74 Å². The third-order valence-electron chi connectivity index (χ3n) is 2.93. The van der Waals surface area contributed by atoms with E-state index in [1.165, 1.54) is 0 Å². The minimum Gasteiger partial charge on any atom is -0.366 e. The van der Waals surface area contributed by atoms with Gasteiger partial charge in [0.15, 0.2) is 0 Å². The fraction of sp³-hybridized carbons (Fsp3) is 1.00. The third kappa shape index (κ3) is 1.63. The molecule has 0 aliphatic carbocycles. The van der Waals surface area contributed by atoms with Crippen molar-refractivity contribution in [2.45, 2.75) is 57.4 Å². The Labute approximate surface area is 74.4 Å². The molecule has 3 unspecified atom stereocenters. The van der Waals surface area contributed by atoms with Crippen LogP contribution >= 0.6 is 0 Å². The maximum absolute atomic E-state index is 6.15. The van der Waals surface area contributed by atoms with Crippen LogP contribution in [0, 0.1) is 0 Å². The topological polar surface area (TPSA) is 64.6 Å². The van der Waals surface area contributed by atoms with E-state index < -0.39 is 0 Å². The molecule has 0 saturated carbocycles. The van der Waals surface area contributed by atoms with Crippen LogP contribution in [-0.4, -0.2) is 23.8 Å². The second-order valence-corrected chi connectivity index (χ2v) is 3.82. The fourth-order valence-electron chi connectivity index (χ4n) is 1.64. The molecule has 0 aromatic carbocycles. The van der Waals surface area contributed by atoms with Crippen molar-refractivity contribution in [1.82, 2.24) is 0 Å². The molecule has 0 bridgehead atoms. The first-order chi connectivity index (χ1) is 5.55. The summed E-state index contributed by atoms with van der Waals surface area (Å²) in [4.78, 5) is 0. The second kappa shape index (κ2) is 3.32. The smallest absolute Gasteiger partial charge is 0.104 e. The molecule has 3 heteroatoms. The highest BCUT2D eigenvalue weighted by Crippen LogP contribution is 2.36. The highest BCUT2D eigenvalue weighted by molar-refractivity contribution is 5.06. The van der Waals surface area contributed by atoms with E-state index in [9.17, 15) is 0 Å². The van der Waals surface area contributed by atoms with E-state index in [-0.39, 0.29) is 23.8 Å². The van der Waals surface area contributed by atoms with Gasteiger partial charge in [-0.15, -0.1) is 0 Å². The zero-order valence-electron chi connectivity index (χ0n) is 8.21. The molecule has 1 saturated heterocycles. The van der Waals surface area contributed by atoms with E-state index in [2.05, 4.69) is 13.8 Å². The zero-order valence-corrected chi connectivity index (χ0v) is 8.21. The van der Waals surface area contributed by atoms with Crippen LogP contribution in [0.4, 0.5) is 0 Å². The van der Waals surface area contributed by atoms with Crippen LogP contribution in [0.1, 0.15) is 33.6 Å². The average molecular weight is 172 g/mol. The van der Waals surface area contributed by atoms with Crippen LogP contribution in [0.2, 0.25) is 0 Å². The Kier molecular flexibility index (Phi) is 2.76. The van der Waals surface area contributed by atoms with Crippen LogP contribution in [0.15, 0.2) is 0 Å². The molecule has 1 aliphatic heterocycles. The molecule has 3 nitrogen and oxygen atoms in total. The van der Waals surface area contributed by atoms with E-state index in [1.54, 1.807) is 0 Å². The average Bonchev–Trinajstić information content (AvgIpc) is 2.82. The molecular weight excluding hydrogens is 152 g/mol. The summed E-state index contributed by atoms with van der Waals surface area (Å²) in [5, 5.41) is 0. The maximum atomic E-state index is 6.15. The van der Waals surface area contributed by atoms with Crippen molar-refractivity contribution in [3.8, 4) is 0 Å². The Bertz CT molecular complexity index is 155. The highest BCUT2D eigenvalue weighted by Gasteiger charge is 2.52. The molecule has 0 aromatic heterocycles. The van der Waals surface area contributed by atoms with Gasteiger partial charge in [-0.25, -0.2) is 0 Å². The maximum Gasteiger partial charge on any atom is 0.104 e. The van der Waals surface area contributed by atoms with Crippen molar-refractivity contribution < 1.29 is 4.74 Å². The van der Waals surface area contributed by atoms with E-state index in [1.807, 2.05) is 6.92 Å². The summed E-state index contributed by atoms with van der Waals surface area (Å²) >= 11 is 0. The number of nitrogens with two attached hydrogens (primary N) is 2. The molecule has 0 spiro atoms. The molecule has 0 radical (unpaired) electrons. The molecule has 1 rings (SSSR count). The Hall–Kier alpha value is -0.120. The lowest BCUT2D eigenvalue weighted by molar-refractivity contribution is 0.264. The van der Waals surface area contributed by atoms with Gasteiger partial charge in [0.05, 0.1) is 0 Å². The molecule has 72 valence electrons. The van der Waals surface area contributed by atoms with Crippen molar-refractivity contribution in [3.63, 3.8) is 0 Å². The van der Waals surface area contributed by atoms with E-state index in [4.69, 9.17) is 16.2 Å². The number of hydrogen-bond donors (Lipinski definition) is 2. The molecule has 1 heterocycles. The molecule has 4 N–H and O–H groups in total. The van der Waals surface area contributed by atoms with Crippen molar-refractivity contribution >= 4 is 0 Å². The van der Waals surface area contributed by atoms with Crippen molar-refractivity contribution in [1.29, 1.82) is 0 Å². The van der Waals surface area contributed by atoms with Gasteiger partial charge in [-0.3, -0.25) is 0 Å². The van der Waals surface area contributed by atoms with Crippen LogP contribution in [0.5, 0.6) is 0 Å². The van der Waals surface area contributed by atoms with Gasteiger partial charge in [-0.2, -0.15) is 0 Å². The summed E-state index contributed by atoms with van der Waals surface area (Å²) in [6.45, 7) is 6.17. The van der Waals surface area contributed by atoms with Crippen LogP contribution < -0.4 is 11.5 Å². The van der Waals surface area contributed by atoms with Gasteiger partial charge in [0, 0.05) is 11.6 Å². The first-order valence-corrected chi connectivity index (χ1v) is 4.75. The predicted molar refractivity (Wildman–Crippen MR) is 49.8 cm³/mol. The van der Waals surface area contributed by atoms with Gasteiger partial charge in [-0.1, -0.05) is 13.8 Å². The Morgan fingerprint density at radius 2 is 1.92 bits per heavy atom. The first-order valence-electron chi connectivity index (χ1n) is 4.75. The Balaban J connectivity index is 2.50. The minimum absolute atomic E-state index is 0.107. The lowest BCUT2D eigenvalue weighted by Gasteiger charge is -2.24. The zero-order chi connectivity index (χ0) is 9.35. The number of hydrogen-bond acceptors (Lipinski definition) is 3. The lowest BCUT2D eigenvalue weighted by atomic mass is 9.87. The van der Waals surface area contributed by atoms with Crippen molar-refractivity contribution in [3.05, 3.63) is 0 Å². The number of rotatable bonds is 4. The van der Waals surface area contributed by atoms with Gasteiger partial charge >= 0.3 is 0 Å². The summed E-state index contributed by atoms with van der Waals surface area (Å²) in [6, 6.07) is 0.107. The monoisotopic (exact) mass is 172 g/mol. The van der Waals surface area contributed by atoms with Gasteiger partial charge in [0.25, 0.3) is 0 Å². The lowest BCUT2D eigenvalue weighted by Crippen LogP contribution is -2.46. The summed E-state index contributed by atoms with van der Waals surface area (Å²) in [6.07, 6.45) is 2.29. The molecule has 0 aromatic rings. The number of epoxide rings is 1. The molecule has 12 heavy (non-hydrogen) atoms. The summed E-state index contributed by atoms with van der Waals surface area (Å²) in [7, 11) is 0. The number of ether oxygens (including phenoxy) is 1. The van der Waals surface area contributed by atoms with Crippen LogP contribution in [0.25, 0.3) is 0 Å². The fourth-order valence-corrected chi connectivity index (χ4v) is 1.64. The van der Waals surface area contributed by atoms with E-state index >= 15 is 0 Å². The van der Waals surface area contributed by atoms with Crippen molar-refractivity contribution in [2.75, 3.05) is 0 Å². The van der Waals surface area contributed by atoms with Gasteiger partial charge in [0.2, 0.25) is 0 Å². The second-order valence-electron chi connectivity index (χ2n) is 3.82. The SMILES string of the molecule is CCC(N)(CC)C1OC1C(C)N. The largest absolute Gasteiger partial charge is 0.366 e.